The average Bonchev–Trinajstić information content (AvgIpc) is 2.69. The Morgan fingerprint density at radius 2 is 1.55 bits per heavy atom. The molecule has 0 aromatic heterocycles. The van der Waals surface area contributed by atoms with Crippen LogP contribution in [0.1, 0.15) is 21.5 Å². The Labute approximate surface area is 169 Å². The number of benzene rings is 2. The fourth-order valence-electron chi connectivity index (χ4n) is 3.21. The van der Waals surface area contributed by atoms with Gasteiger partial charge in [0.2, 0.25) is 5.91 Å². The topological polar surface area (TPSA) is 40.6 Å². The van der Waals surface area contributed by atoms with Crippen LogP contribution in [0.3, 0.4) is 0 Å². The summed E-state index contributed by atoms with van der Waals surface area (Å²) in [7, 11) is 0. The minimum atomic E-state index is -4.64. The highest BCUT2D eigenvalue weighted by molar-refractivity contribution is 6.31. The van der Waals surface area contributed by atoms with Crippen molar-refractivity contribution in [3.8, 4) is 0 Å². The minimum Gasteiger partial charge on any atom is -0.339 e. The molecule has 0 unspecified atom stereocenters. The van der Waals surface area contributed by atoms with E-state index in [1.165, 1.54) is 40.1 Å². The Morgan fingerprint density at radius 3 is 2.17 bits per heavy atom. The molecule has 154 valence electrons. The number of carbonyl (C=O) groups is 2. The van der Waals surface area contributed by atoms with E-state index in [4.69, 9.17) is 11.6 Å². The summed E-state index contributed by atoms with van der Waals surface area (Å²) in [6, 6.07) is 8.75. The van der Waals surface area contributed by atoms with Crippen molar-refractivity contribution >= 4 is 23.4 Å². The highest BCUT2D eigenvalue weighted by Gasteiger charge is 2.36. The number of hydrogen-bond donors (Lipinski definition) is 0. The van der Waals surface area contributed by atoms with Gasteiger partial charge in [0.1, 0.15) is 5.82 Å². The fraction of sp³-hybridized carbons (Fsp3) is 0.300. The van der Waals surface area contributed by atoms with Crippen molar-refractivity contribution in [1.29, 1.82) is 0 Å². The largest absolute Gasteiger partial charge is 0.417 e. The second-order valence-electron chi connectivity index (χ2n) is 6.59. The van der Waals surface area contributed by atoms with Gasteiger partial charge in [-0.2, -0.15) is 13.2 Å². The number of halogens is 5. The second kappa shape index (κ2) is 8.41. The molecule has 1 heterocycles. The van der Waals surface area contributed by atoms with Gasteiger partial charge in [0, 0.05) is 36.8 Å². The van der Waals surface area contributed by atoms with Gasteiger partial charge in [-0.1, -0.05) is 29.8 Å². The van der Waals surface area contributed by atoms with Crippen LogP contribution in [0.25, 0.3) is 0 Å². The zero-order valence-electron chi connectivity index (χ0n) is 15.2. The lowest BCUT2D eigenvalue weighted by molar-refractivity contribution is -0.138. The first-order valence-corrected chi connectivity index (χ1v) is 9.22. The van der Waals surface area contributed by atoms with Gasteiger partial charge < -0.3 is 9.80 Å². The molecule has 2 amide bonds. The van der Waals surface area contributed by atoms with Crippen LogP contribution in [0, 0.1) is 5.82 Å². The minimum absolute atomic E-state index is 0.0851. The summed E-state index contributed by atoms with van der Waals surface area (Å²) in [5.74, 6) is -1.68. The summed E-state index contributed by atoms with van der Waals surface area (Å²) in [5.41, 5.74) is -1.31. The van der Waals surface area contributed by atoms with E-state index >= 15 is 0 Å². The van der Waals surface area contributed by atoms with Crippen molar-refractivity contribution in [2.24, 2.45) is 0 Å². The molecule has 1 aliphatic heterocycles. The van der Waals surface area contributed by atoms with Gasteiger partial charge in [0.25, 0.3) is 5.91 Å². The van der Waals surface area contributed by atoms with Crippen LogP contribution < -0.4 is 0 Å². The third-order valence-corrected chi connectivity index (χ3v) is 5.13. The first kappa shape index (κ1) is 21.1. The fourth-order valence-corrected chi connectivity index (χ4v) is 3.44. The molecule has 0 atom stereocenters. The lowest BCUT2D eigenvalue weighted by atomic mass is 10.1. The van der Waals surface area contributed by atoms with Crippen molar-refractivity contribution in [2.75, 3.05) is 26.2 Å². The van der Waals surface area contributed by atoms with Gasteiger partial charge >= 0.3 is 6.18 Å². The van der Waals surface area contributed by atoms with Crippen LogP contribution in [0.2, 0.25) is 5.02 Å². The quantitative estimate of drug-likeness (QED) is 0.693. The molecule has 1 saturated heterocycles. The van der Waals surface area contributed by atoms with Gasteiger partial charge in [0.05, 0.1) is 17.5 Å². The molecular formula is C20H17ClF4N2O2. The Morgan fingerprint density at radius 1 is 0.931 bits per heavy atom. The average molecular weight is 429 g/mol. The maximum absolute atomic E-state index is 13.9. The van der Waals surface area contributed by atoms with Gasteiger partial charge in [0.15, 0.2) is 0 Å². The van der Waals surface area contributed by atoms with Crippen molar-refractivity contribution < 1.29 is 27.2 Å². The molecule has 4 nitrogen and oxygen atoms in total. The van der Waals surface area contributed by atoms with E-state index in [1.54, 1.807) is 0 Å². The van der Waals surface area contributed by atoms with E-state index in [0.717, 1.165) is 12.1 Å². The van der Waals surface area contributed by atoms with E-state index in [-0.39, 0.29) is 49.1 Å². The van der Waals surface area contributed by atoms with Gasteiger partial charge in [-0.15, -0.1) is 0 Å². The van der Waals surface area contributed by atoms with Crippen LogP contribution in [0.4, 0.5) is 17.6 Å². The zero-order chi connectivity index (χ0) is 21.2. The Hall–Kier alpha value is -2.61. The van der Waals surface area contributed by atoms with Crippen LogP contribution >= 0.6 is 11.6 Å². The summed E-state index contributed by atoms with van der Waals surface area (Å²) in [6.45, 7) is 0.458. The van der Waals surface area contributed by atoms with Crippen LogP contribution in [-0.2, 0) is 17.4 Å². The molecule has 2 aromatic carbocycles. The highest BCUT2D eigenvalue weighted by Crippen LogP contribution is 2.32. The van der Waals surface area contributed by atoms with E-state index < -0.39 is 29.0 Å². The Bertz CT molecular complexity index is 905. The standard InChI is InChI=1S/C20H17ClF4N2O2/c21-16-6-3-7-17(22)14(16)12-18(28)26-8-10-27(11-9-26)19(29)13-4-1-2-5-15(13)20(23,24)25/h1-7H,8-12H2. The number of hydrogen-bond acceptors (Lipinski definition) is 2. The monoisotopic (exact) mass is 428 g/mol. The first-order chi connectivity index (χ1) is 13.7. The molecule has 0 spiro atoms. The molecule has 9 heteroatoms. The van der Waals surface area contributed by atoms with Crippen LogP contribution in [-0.4, -0.2) is 47.8 Å². The first-order valence-electron chi connectivity index (χ1n) is 8.84. The van der Waals surface area contributed by atoms with E-state index in [2.05, 4.69) is 0 Å². The molecule has 0 radical (unpaired) electrons. The molecule has 0 saturated carbocycles. The maximum Gasteiger partial charge on any atom is 0.417 e. The maximum atomic E-state index is 13.9. The molecular weight excluding hydrogens is 412 g/mol. The van der Waals surface area contributed by atoms with Gasteiger partial charge in [-0.05, 0) is 24.3 Å². The summed E-state index contributed by atoms with van der Waals surface area (Å²) < 4.78 is 53.3. The van der Waals surface area contributed by atoms with Crippen LogP contribution in [0.5, 0.6) is 0 Å². The smallest absolute Gasteiger partial charge is 0.339 e. The zero-order valence-corrected chi connectivity index (χ0v) is 15.9. The third-order valence-electron chi connectivity index (χ3n) is 4.77. The predicted octanol–water partition coefficient (Wildman–Crippen LogP) is 4.03. The van der Waals surface area contributed by atoms with E-state index in [9.17, 15) is 27.2 Å². The van der Waals surface area contributed by atoms with Crippen molar-refractivity contribution in [2.45, 2.75) is 12.6 Å². The van der Waals surface area contributed by atoms with Gasteiger partial charge in [-0.3, -0.25) is 9.59 Å². The van der Waals surface area contributed by atoms with Gasteiger partial charge in [-0.25, -0.2) is 4.39 Å². The molecule has 1 fully saturated rings. The lowest BCUT2D eigenvalue weighted by Gasteiger charge is -2.35. The van der Waals surface area contributed by atoms with Crippen LogP contribution in [0.15, 0.2) is 42.5 Å². The molecule has 29 heavy (non-hydrogen) atoms. The third kappa shape index (κ3) is 4.70. The SMILES string of the molecule is O=C(Cc1c(F)cccc1Cl)N1CCN(C(=O)c2ccccc2C(F)(F)F)CC1. The molecule has 3 rings (SSSR count). The van der Waals surface area contributed by atoms with E-state index in [1.807, 2.05) is 0 Å². The van der Waals surface area contributed by atoms with Crippen molar-refractivity contribution in [1.82, 2.24) is 9.80 Å². The van der Waals surface area contributed by atoms with E-state index in [0.29, 0.717) is 0 Å². The molecule has 0 N–H and O–H groups in total. The number of rotatable bonds is 3. The molecule has 2 aromatic rings. The molecule has 0 aliphatic carbocycles. The number of nitrogens with zero attached hydrogens (tertiary/aromatic N) is 2. The highest BCUT2D eigenvalue weighted by atomic mass is 35.5. The predicted molar refractivity (Wildman–Crippen MR) is 99.0 cm³/mol. The summed E-state index contributed by atoms with van der Waals surface area (Å²) >= 11 is 5.94. The number of piperazine rings is 1. The summed E-state index contributed by atoms with van der Waals surface area (Å²) in [6.07, 6.45) is -4.86. The Kier molecular flexibility index (Phi) is 6.12. The molecule has 0 bridgehead atoms. The Balaban J connectivity index is 1.65. The number of alkyl halides is 3. The molecule has 1 aliphatic rings. The summed E-state index contributed by atoms with van der Waals surface area (Å²) in [5, 5.41) is 0.149. The normalized spacial score (nSPS) is 14.8. The lowest BCUT2D eigenvalue weighted by Crippen LogP contribution is -2.51. The number of carbonyl (C=O) groups excluding carboxylic acids is 2. The summed E-state index contributed by atoms with van der Waals surface area (Å²) in [4.78, 5) is 27.8. The van der Waals surface area contributed by atoms with Crippen molar-refractivity contribution in [3.63, 3.8) is 0 Å². The number of amides is 2. The van der Waals surface area contributed by atoms with Crippen molar-refractivity contribution in [3.05, 3.63) is 70.0 Å². The second-order valence-corrected chi connectivity index (χ2v) is 7.00.